The summed E-state index contributed by atoms with van der Waals surface area (Å²) in [5.41, 5.74) is 0.979. The largest absolute Gasteiger partial charge is 0.480 e. The minimum atomic E-state index is -1.01. The summed E-state index contributed by atoms with van der Waals surface area (Å²) in [5.74, 6) is -1.01. The molecule has 0 aliphatic carbocycles. The molecule has 0 bridgehead atoms. The molecular weight excluding hydrogens is 236 g/mol. The van der Waals surface area contributed by atoms with E-state index < -0.39 is 16.9 Å². The number of aryl methyl sites for hydroxylation is 1. The Kier molecular flexibility index (Phi) is 4.65. The summed E-state index contributed by atoms with van der Waals surface area (Å²) in [6.07, 6.45) is 1.10. The van der Waals surface area contributed by atoms with E-state index in [0.29, 0.717) is 12.8 Å². The van der Waals surface area contributed by atoms with Crippen molar-refractivity contribution in [2.75, 3.05) is 5.32 Å². The number of hydrogen-bond donors (Lipinski definition) is 2. The Morgan fingerprint density at radius 1 is 1.56 bits per heavy atom. The second-order valence-electron chi connectivity index (χ2n) is 4.10. The molecule has 0 heterocycles. The monoisotopic (exact) mass is 252 g/mol. The topological polar surface area (TPSA) is 92.5 Å². The lowest BCUT2D eigenvalue weighted by atomic mass is 10.1. The average molecular weight is 252 g/mol. The summed E-state index contributed by atoms with van der Waals surface area (Å²) in [6.45, 7) is 3.66. The second kappa shape index (κ2) is 6.00. The van der Waals surface area contributed by atoms with Gasteiger partial charge in [0.05, 0.1) is 4.92 Å². The smallest absolute Gasteiger partial charge is 0.326 e. The molecule has 6 nitrogen and oxygen atoms in total. The van der Waals surface area contributed by atoms with Crippen molar-refractivity contribution in [2.24, 2.45) is 0 Å². The number of benzene rings is 1. The number of carboxylic acids is 1. The molecule has 0 aliphatic rings. The number of hydrogen-bond acceptors (Lipinski definition) is 4. The van der Waals surface area contributed by atoms with Gasteiger partial charge in [0.25, 0.3) is 5.69 Å². The number of carboxylic acid groups (broad SMARTS) is 1. The molecule has 1 aromatic rings. The average Bonchev–Trinajstić information content (AvgIpc) is 2.28. The maximum Gasteiger partial charge on any atom is 0.326 e. The van der Waals surface area contributed by atoms with Crippen LogP contribution in [0.25, 0.3) is 0 Å². The van der Waals surface area contributed by atoms with E-state index in [2.05, 4.69) is 5.32 Å². The normalized spacial score (nSPS) is 11.9. The third kappa shape index (κ3) is 3.44. The van der Waals surface area contributed by atoms with E-state index in [1.807, 2.05) is 6.92 Å². The zero-order valence-electron chi connectivity index (χ0n) is 10.3. The maximum absolute atomic E-state index is 11.0. The van der Waals surface area contributed by atoms with E-state index in [4.69, 9.17) is 5.11 Å². The van der Waals surface area contributed by atoms with Crippen LogP contribution in [0.5, 0.6) is 0 Å². The van der Waals surface area contributed by atoms with E-state index in [-0.39, 0.29) is 11.4 Å². The molecule has 18 heavy (non-hydrogen) atoms. The molecule has 0 radical (unpaired) electrons. The fraction of sp³-hybridized carbons (Fsp3) is 0.417. The van der Waals surface area contributed by atoms with Crippen LogP contribution >= 0.6 is 0 Å². The van der Waals surface area contributed by atoms with Crippen molar-refractivity contribution in [1.82, 2.24) is 0 Å². The first-order chi connectivity index (χ1) is 8.45. The molecule has 0 saturated heterocycles. The number of nitro groups is 1. The zero-order valence-corrected chi connectivity index (χ0v) is 10.3. The van der Waals surface area contributed by atoms with Crippen LogP contribution in [0.3, 0.4) is 0 Å². The quantitative estimate of drug-likeness (QED) is 0.599. The SMILES string of the molecule is CCCC(Nc1cc(C)ccc1[N+](=O)[O-])C(=O)O. The molecular formula is C12H16N2O4. The second-order valence-corrected chi connectivity index (χ2v) is 4.10. The Bertz CT molecular complexity index is 459. The van der Waals surface area contributed by atoms with Crippen LogP contribution in [0.2, 0.25) is 0 Å². The molecule has 0 aromatic heterocycles. The van der Waals surface area contributed by atoms with Crippen molar-refractivity contribution in [3.8, 4) is 0 Å². The van der Waals surface area contributed by atoms with Crippen LogP contribution < -0.4 is 5.32 Å². The van der Waals surface area contributed by atoms with E-state index in [1.54, 1.807) is 19.1 Å². The van der Waals surface area contributed by atoms with Crippen LogP contribution in [-0.4, -0.2) is 22.0 Å². The van der Waals surface area contributed by atoms with Gasteiger partial charge in [0, 0.05) is 6.07 Å². The molecule has 0 spiro atoms. The molecule has 2 N–H and O–H groups in total. The van der Waals surface area contributed by atoms with E-state index in [0.717, 1.165) is 5.56 Å². The summed E-state index contributed by atoms with van der Waals surface area (Å²) < 4.78 is 0. The summed E-state index contributed by atoms with van der Waals surface area (Å²) in [6, 6.07) is 3.78. The van der Waals surface area contributed by atoms with Gasteiger partial charge in [-0.3, -0.25) is 10.1 Å². The Morgan fingerprint density at radius 3 is 2.72 bits per heavy atom. The van der Waals surface area contributed by atoms with Crippen LogP contribution in [0.4, 0.5) is 11.4 Å². The van der Waals surface area contributed by atoms with Gasteiger partial charge < -0.3 is 10.4 Å². The van der Waals surface area contributed by atoms with Gasteiger partial charge in [-0.2, -0.15) is 0 Å². The Labute approximate surface area is 105 Å². The third-order valence-electron chi connectivity index (χ3n) is 2.55. The minimum absolute atomic E-state index is 0.108. The van der Waals surface area contributed by atoms with E-state index >= 15 is 0 Å². The lowest BCUT2D eigenvalue weighted by molar-refractivity contribution is -0.384. The number of nitro benzene ring substituents is 1. The van der Waals surface area contributed by atoms with Gasteiger partial charge in [-0.15, -0.1) is 0 Å². The highest BCUT2D eigenvalue weighted by Gasteiger charge is 2.21. The first-order valence-electron chi connectivity index (χ1n) is 5.70. The maximum atomic E-state index is 11.0. The molecule has 1 unspecified atom stereocenters. The number of aliphatic carboxylic acids is 1. The van der Waals surface area contributed by atoms with Crippen LogP contribution in [-0.2, 0) is 4.79 Å². The Morgan fingerprint density at radius 2 is 2.22 bits per heavy atom. The van der Waals surface area contributed by atoms with E-state index in [1.165, 1.54) is 6.07 Å². The van der Waals surface area contributed by atoms with Gasteiger partial charge >= 0.3 is 5.97 Å². The standard InChI is InChI=1S/C12H16N2O4/c1-3-4-9(12(15)16)13-10-7-8(2)5-6-11(10)14(17)18/h5-7,9,13H,3-4H2,1-2H3,(H,15,16). The van der Waals surface area contributed by atoms with Gasteiger partial charge in [-0.1, -0.05) is 19.4 Å². The molecule has 1 rings (SSSR count). The van der Waals surface area contributed by atoms with Gasteiger partial charge in [-0.25, -0.2) is 4.79 Å². The first-order valence-corrected chi connectivity index (χ1v) is 5.70. The van der Waals surface area contributed by atoms with Crippen molar-refractivity contribution in [1.29, 1.82) is 0 Å². The van der Waals surface area contributed by atoms with Gasteiger partial charge in [0.15, 0.2) is 0 Å². The van der Waals surface area contributed by atoms with Crippen LogP contribution in [0.15, 0.2) is 18.2 Å². The minimum Gasteiger partial charge on any atom is -0.480 e. The number of nitrogens with one attached hydrogen (secondary N) is 1. The highest BCUT2D eigenvalue weighted by atomic mass is 16.6. The van der Waals surface area contributed by atoms with Crippen molar-refractivity contribution in [3.05, 3.63) is 33.9 Å². The van der Waals surface area contributed by atoms with Crippen LogP contribution in [0, 0.1) is 17.0 Å². The summed E-state index contributed by atoms with van der Waals surface area (Å²) >= 11 is 0. The lowest BCUT2D eigenvalue weighted by Crippen LogP contribution is -2.29. The van der Waals surface area contributed by atoms with Crippen LogP contribution in [0.1, 0.15) is 25.3 Å². The zero-order chi connectivity index (χ0) is 13.7. The third-order valence-corrected chi connectivity index (χ3v) is 2.55. The molecule has 98 valence electrons. The lowest BCUT2D eigenvalue weighted by Gasteiger charge is -2.15. The first kappa shape index (κ1) is 14.0. The molecule has 0 saturated carbocycles. The summed E-state index contributed by atoms with van der Waals surface area (Å²) in [4.78, 5) is 21.4. The number of nitrogens with zero attached hydrogens (tertiary/aromatic N) is 1. The summed E-state index contributed by atoms with van der Waals surface area (Å²) in [7, 11) is 0. The predicted octanol–water partition coefficient (Wildman–Crippen LogP) is 2.57. The van der Waals surface area contributed by atoms with Gasteiger partial charge in [0.2, 0.25) is 0 Å². The molecule has 1 atom stereocenters. The molecule has 1 aromatic carbocycles. The number of carbonyl (C=O) groups is 1. The summed E-state index contributed by atoms with van der Waals surface area (Å²) in [5, 5.41) is 22.6. The molecule has 0 fully saturated rings. The fourth-order valence-corrected chi connectivity index (χ4v) is 1.66. The molecule has 0 amide bonds. The predicted molar refractivity (Wildman–Crippen MR) is 67.8 cm³/mol. The van der Waals surface area contributed by atoms with Gasteiger partial charge in [0.1, 0.15) is 11.7 Å². The Balaban J connectivity index is 3.03. The fourth-order valence-electron chi connectivity index (χ4n) is 1.66. The molecule has 6 heteroatoms. The highest BCUT2D eigenvalue weighted by molar-refractivity contribution is 5.79. The molecule has 0 aliphatic heterocycles. The van der Waals surface area contributed by atoms with Crippen molar-refractivity contribution in [3.63, 3.8) is 0 Å². The Hall–Kier alpha value is -2.11. The van der Waals surface area contributed by atoms with Crippen molar-refractivity contribution >= 4 is 17.3 Å². The van der Waals surface area contributed by atoms with Crippen molar-refractivity contribution < 1.29 is 14.8 Å². The highest BCUT2D eigenvalue weighted by Crippen LogP contribution is 2.26. The number of anilines is 1. The van der Waals surface area contributed by atoms with Crippen molar-refractivity contribution in [2.45, 2.75) is 32.7 Å². The number of rotatable bonds is 6. The van der Waals surface area contributed by atoms with E-state index in [9.17, 15) is 14.9 Å². The van der Waals surface area contributed by atoms with Gasteiger partial charge in [-0.05, 0) is 25.0 Å².